The Morgan fingerprint density at radius 3 is 2.38 bits per heavy atom. The van der Waals surface area contributed by atoms with Crippen molar-refractivity contribution in [3.05, 3.63) is 64.9 Å². The van der Waals surface area contributed by atoms with Crippen molar-refractivity contribution in [3.8, 4) is 11.5 Å². The molecule has 29 heavy (non-hydrogen) atoms. The van der Waals surface area contributed by atoms with Crippen molar-refractivity contribution in [1.82, 2.24) is 10.6 Å². The van der Waals surface area contributed by atoms with Crippen molar-refractivity contribution in [1.29, 1.82) is 0 Å². The Morgan fingerprint density at radius 1 is 1.03 bits per heavy atom. The van der Waals surface area contributed by atoms with E-state index in [9.17, 15) is 9.59 Å². The molecule has 3 rings (SSSR count). The highest BCUT2D eigenvalue weighted by molar-refractivity contribution is 6.05. The van der Waals surface area contributed by atoms with Crippen LogP contribution in [0.15, 0.2) is 48.2 Å². The van der Waals surface area contributed by atoms with Gasteiger partial charge in [-0.15, -0.1) is 0 Å². The number of carbonyl (C=O) groups excluding carboxylic acids is 2. The van der Waals surface area contributed by atoms with Gasteiger partial charge in [-0.05, 0) is 53.8 Å². The summed E-state index contributed by atoms with van der Waals surface area (Å²) in [6.07, 6.45) is 1.62. The summed E-state index contributed by atoms with van der Waals surface area (Å²) < 4.78 is 10.7. The summed E-state index contributed by atoms with van der Waals surface area (Å²) >= 11 is 0. The molecule has 1 aliphatic heterocycles. The van der Waals surface area contributed by atoms with Crippen LogP contribution in [0.3, 0.4) is 0 Å². The Kier molecular flexibility index (Phi) is 5.92. The lowest BCUT2D eigenvalue weighted by Gasteiger charge is -2.19. The van der Waals surface area contributed by atoms with Crippen molar-refractivity contribution < 1.29 is 19.1 Å². The summed E-state index contributed by atoms with van der Waals surface area (Å²) in [5, 5.41) is 5.46. The molecule has 0 aromatic heterocycles. The lowest BCUT2D eigenvalue weighted by molar-refractivity contribution is -0.117. The van der Waals surface area contributed by atoms with Crippen molar-refractivity contribution in [2.24, 2.45) is 0 Å². The second kappa shape index (κ2) is 8.39. The van der Waals surface area contributed by atoms with Crippen LogP contribution in [0, 0.1) is 0 Å². The highest BCUT2D eigenvalue weighted by Crippen LogP contribution is 2.33. The van der Waals surface area contributed by atoms with Gasteiger partial charge in [-0.25, -0.2) is 0 Å². The summed E-state index contributed by atoms with van der Waals surface area (Å²) in [5.74, 6) is 0.566. The summed E-state index contributed by atoms with van der Waals surface area (Å²) in [6.45, 7) is 8.79. The smallest absolute Gasteiger partial charge is 0.267 e. The molecule has 0 saturated carbocycles. The van der Waals surface area contributed by atoms with E-state index in [1.54, 1.807) is 36.4 Å². The Balaban J connectivity index is 1.83. The largest absolute Gasteiger partial charge is 0.454 e. The number of carbonyl (C=O) groups is 2. The Labute approximate surface area is 170 Å². The van der Waals surface area contributed by atoms with Gasteiger partial charge in [-0.3, -0.25) is 9.59 Å². The Hall–Kier alpha value is -3.28. The molecule has 2 aromatic carbocycles. The third kappa shape index (κ3) is 4.96. The lowest BCUT2D eigenvalue weighted by atomic mass is 9.87. The molecule has 2 N–H and O–H groups in total. The van der Waals surface area contributed by atoms with E-state index in [1.807, 2.05) is 19.1 Å². The number of amides is 2. The minimum Gasteiger partial charge on any atom is -0.454 e. The quantitative estimate of drug-likeness (QED) is 0.760. The van der Waals surface area contributed by atoms with Gasteiger partial charge in [0.15, 0.2) is 11.5 Å². The van der Waals surface area contributed by atoms with E-state index in [1.165, 1.54) is 0 Å². The average Bonchev–Trinajstić information content (AvgIpc) is 3.15. The molecule has 2 aromatic rings. The van der Waals surface area contributed by atoms with E-state index < -0.39 is 0 Å². The minimum absolute atomic E-state index is 0.000431. The van der Waals surface area contributed by atoms with E-state index in [4.69, 9.17) is 9.47 Å². The zero-order valence-electron chi connectivity index (χ0n) is 17.2. The van der Waals surface area contributed by atoms with Gasteiger partial charge in [-0.2, -0.15) is 0 Å². The van der Waals surface area contributed by atoms with Crippen molar-refractivity contribution in [2.75, 3.05) is 13.3 Å². The summed E-state index contributed by atoms with van der Waals surface area (Å²) in [4.78, 5) is 25.2. The molecule has 0 unspecified atom stereocenters. The van der Waals surface area contributed by atoms with Crippen molar-refractivity contribution >= 4 is 17.9 Å². The van der Waals surface area contributed by atoms with Gasteiger partial charge in [0.2, 0.25) is 6.79 Å². The summed E-state index contributed by atoms with van der Waals surface area (Å²) in [7, 11) is 0. The van der Waals surface area contributed by atoms with Crippen LogP contribution in [-0.2, 0) is 10.2 Å². The first-order chi connectivity index (χ1) is 13.8. The molecular formula is C23H26N2O4. The highest BCUT2D eigenvalue weighted by Gasteiger charge is 2.18. The molecule has 2 amide bonds. The SMILES string of the molecule is CCNC(=O)C(=Cc1ccc2c(c1)OCO2)NC(=O)c1ccc(C(C)(C)C)cc1. The first-order valence-corrected chi connectivity index (χ1v) is 9.59. The molecule has 0 spiro atoms. The predicted octanol–water partition coefficient (Wildman–Crippen LogP) is 3.62. The minimum atomic E-state index is -0.357. The zero-order chi connectivity index (χ0) is 21.0. The molecule has 0 radical (unpaired) electrons. The van der Waals surface area contributed by atoms with Gasteiger partial charge in [0, 0.05) is 12.1 Å². The van der Waals surface area contributed by atoms with E-state index in [0.29, 0.717) is 23.6 Å². The van der Waals surface area contributed by atoms with Gasteiger partial charge in [-0.1, -0.05) is 39.0 Å². The maximum absolute atomic E-state index is 12.7. The normalized spacial score (nSPS) is 13.2. The van der Waals surface area contributed by atoms with Gasteiger partial charge in [0.25, 0.3) is 11.8 Å². The summed E-state index contributed by atoms with van der Waals surface area (Å²) in [6, 6.07) is 12.8. The number of benzene rings is 2. The number of fused-ring (bicyclic) bond motifs is 1. The summed E-state index contributed by atoms with van der Waals surface area (Å²) in [5.41, 5.74) is 2.50. The highest BCUT2D eigenvalue weighted by atomic mass is 16.7. The zero-order valence-corrected chi connectivity index (χ0v) is 17.2. The molecule has 6 nitrogen and oxygen atoms in total. The third-order valence-corrected chi connectivity index (χ3v) is 4.55. The van der Waals surface area contributed by atoms with E-state index in [0.717, 1.165) is 11.1 Å². The molecule has 0 aliphatic carbocycles. The van der Waals surface area contributed by atoms with Crippen molar-refractivity contribution in [2.45, 2.75) is 33.1 Å². The maximum Gasteiger partial charge on any atom is 0.267 e. The molecular weight excluding hydrogens is 368 g/mol. The molecule has 0 fully saturated rings. The monoisotopic (exact) mass is 394 g/mol. The van der Waals surface area contributed by atoms with Gasteiger partial charge in [0.1, 0.15) is 5.70 Å². The van der Waals surface area contributed by atoms with Crippen LogP contribution < -0.4 is 20.1 Å². The fourth-order valence-corrected chi connectivity index (χ4v) is 2.90. The predicted molar refractivity (Wildman–Crippen MR) is 112 cm³/mol. The first-order valence-electron chi connectivity index (χ1n) is 9.59. The van der Waals surface area contributed by atoms with E-state index in [-0.39, 0.29) is 29.7 Å². The fourth-order valence-electron chi connectivity index (χ4n) is 2.90. The van der Waals surface area contributed by atoms with Crippen LogP contribution in [0.4, 0.5) is 0 Å². The number of nitrogens with one attached hydrogen (secondary N) is 2. The van der Waals surface area contributed by atoms with Crippen LogP contribution in [0.5, 0.6) is 11.5 Å². The van der Waals surface area contributed by atoms with Crippen LogP contribution >= 0.6 is 0 Å². The number of hydrogen-bond acceptors (Lipinski definition) is 4. The molecule has 0 bridgehead atoms. The number of ether oxygens (including phenoxy) is 2. The standard InChI is InChI=1S/C23H26N2O4/c1-5-24-22(27)18(12-15-6-11-19-20(13-15)29-14-28-19)25-21(26)16-7-9-17(10-8-16)23(2,3)4/h6-13H,5,14H2,1-4H3,(H,24,27)(H,25,26). The van der Waals surface area contributed by atoms with E-state index >= 15 is 0 Å². The molecule has 1 heterocycles. The second-order valence-electron chi connectivity index (χ2n) is 7.81. The number of likely N-dealkylation sites (N-methyl/N-ethyl adjacent to an activating group) is 1. The van der Waals surface area contributed by atoms with Gasteiger partial charge in [0.05, 0.1) is 0 Å². The lowest BCUT2D eigenvalue weighted by Crippen LogP contribution is -2.34. The van der Waals surface area contributed by atoms with Crippen LogP contribution in [0.25, 0.3) is 6.08 Å². The van der Waals surface area contributed by atoms with Crippen LogP contribution in [0.1, 0.15) is 49.2 Å². The van der Waals surface area contributed by atoms with Crippen LogP contribution in [0.2, 0.25) is 0 Å². The van der Waals surface area contributed by atoms with Gasteiger partial charge >= 0.3 is 0 Å². The molecule has 0 atom stereocenters. The Bertz CT molecular complexity index is 940. The fraction of sp³-hybridized carbons (Fsp3) is 0.304. The molecule has 152 valence electrons. The topological polar surface area (TPSA) is 76.7 Å². The van der Waals surface area contributed by atoms with Gasteiger partial charge < -0.3 is 20.1 Å². The second-order valence-corrected chi connectivity index (χ2v) is 7.81. The first kappa shape index (κ1) is 20.5. The third-order valence-electron chi connectivity index (χ3n) is 4.55. The van der Waals surface area contributed by atoms with Crippen LogP contribution in [-0.4, -0.2) is 25.2 Å². The molecule has 1 aliphatic rings. The number of hydrogen-bond donors (Lipinski definition) is 2. The Morgan fingerprint density at radius 2 is 1.72 bits per heavy atom. The molecule has 0 saturated heterocycles. The van der Waals surface area contributed by atoms with E-state index in [2.05, 4.69) is 31.4 Å². The maximum atomic E-state index is 12.7. The molecule has 6 heteroatoms. The average molecular weight is 394 g/mol. The van der Waals surface area contributed by atoms with Crippen molar-refractivity contribution in [3.63, 3.8) is 0 Å². The number of rotatable bonds is 5.